The van der Waals surface area contributed by atoms with Crippen LogP contribution in [0, 0.1) is 6.92 Å². The van der Waals surface area contributed by atoms with Gasteiger partial charge in [-0.1, -0.05) is 48.0 Å². The summed E-state index contributed by atoms with van der Waals surface area (Å²) in [7, 11) is 0. The van der Waals surface area contributed by atoms with Gasteiger partial charge in [-0.3, -0.25) is 4.79 Å². The standard InChI is InChI=1S/C18H21ClN2O/c1-13-6-3-4-7-16(13)11-21-18(22)12-20-14(2)15-8-5-9-17(19)10-15/h3-10,14,20H,11-12H2,1-2H3,(H,21,22)/t14-/m0/s1. The van der Waals surface area contributed by atoms with E-state index in [-0.39, 0.29) is 18.5 Å². The Morgan fingerprint density at radius 2 is 1.95 bits per heavy atom. The number of halogens is 1. The first-order chi connectivity index (χ1) is 10.6. The van der Waals surface area contributed by atoms with Crippen molar-refractivity contribution in [3.05, 3.63) is 70.2 Å². The van der Waals surface area contributed by atoms with Crippen molar-refractivity contribution in [2.75, 3.05) is 6.54 Å². The van der Waals surface area contributed by atoms with Crippen molar-refractivity contribution >= 4 is 17.5 Å². The van der Waals surface area contributed by atoms with Crippen LogP contribution in [0.25, 0.3) is 0 Å². The van der Waals surface area contributed by atoms with E-state index in [9.17, 15) is 4.79 Å². The number of nitrogens with one attached hydrogen (secondary N) is 2. The monoisotopic (exact) mass is 316 g/mol. The van der Waals surface area contributed by atoms with Gasteiger partial charge in [0.2, 0.25) is 5.91 Å². The molecule has 0 unspecified atom stereocenters. The smallest absolute Gasteiger partial charge is 0.234 e. The van der Waals surface area contributed by atoms with Crippen LogP contribution in [-0.2, 0) is 11.3 Å². The summed E-state index contributed by atoms with van der Waals surface area (Å²) < 4.78 is 0. The zero-order valence-corrected chi connectivity index (χ0v) is 13.7. The molecule has 0 saturated heterocycles. The molecule has 4 heteroatoms. The fourth-order valence-corrected chi connectivity index (χ4v) is 2.40. The quantitative estimate of drug-likeness (QED) is 0.854. The lowest BCUT2D eigenvalue weighted by Gasteiger charge is -2.14. The van der Waals surface area contributed by atoms with Gasteiger partial charge >= 0.3 is 0 Å². The molecule has 2 rings (SSSR count). The Morgan fingerprint density at radius 3 is 2.68 bits per heavy atom. The summed E-state index contributed by atoms with van der Waals surface area (Å²) in [6, 6.07) is 15.8. The zero-order valence-electron chi connectivity index (χ0n) is 12.9. The number of carbonyl (C=O) groups is 1. The third kappa shape index (κ3) is 4.86. The van der Waals surface area contributed by atoms with Crippen LogP contribution in [0.2, 0.25) is 5.02 Å². The average Bonchev–Trinajstić information content (AvgIpc) is 2.52. The van der Waals surface area contributed by atoms with Gasteiger partial charge in [0.25, 0.3) is 0 Å². The first-order valence-corrected chi connectivity index (χ1v) is 7.74. The molecule has 0 heterocycles. The van der Waals surface area contributed by atoms with Crippen molar-refractivity contribution in [2.45, 2.75) is 26.4 Å². The van der Waals surface area contributed by atoms with Crippen molar-refractivity contribution in [1.29, 1.82) is 0 Å². The molecule has 0 bridgehead atoms. The Kier molecular flexibility index (Phi) is 5.99. The van der Waals surface area contributed by atoms with Crippen molar-refractivity contribution < 1.29 is 4.79 Å². The van der Waals surface area contributed by atoms with E-state index in [0.29, 0.717) is 11.6 Å². The van der Waals surface area contributed by atoms with Crippen molar-refractivity contribution in [3.63, 3.8) is 0 Å². The van der Waals surface area contributed by atoms with E-state index >= 15 is 0 Å². The van der Waals surface area contributed by atoms with Crippen LogP contribution in [0.4, 0.5) is 0 Å². The molecule has 0 aliphatic heterocycles. The second-order valence-corrected chi connectivity index (χ2v) is 5.80. The van der Waals surface area contributed by atoms with E-state index in [1.807, 2.05) is 62.4 Å². The summed E-state index contributed by atoms with van der Waals surface area (Å²) in [6.45, 7) is 4.89. The number of amides is 1. The highest BCUT2D eigenvalue weighted by Crippen LogP contribution is 2.16. The molecule has 2 N–H and O–H groups in total. The highest BCUT2D eigenvalue weighted by atomic mass is 35.5. The third-order valence-corrected chi connectivity index (χ3v) is 3.89. The maximum Gasteiger partial charge on any atom is 0.234 e. The fourth-order valence-electron chi connectivity index (χ4n) is 2.20. The number of hydrogen-bond acceptors (Lipinski definition) is 2. The van der Waals surface area contributed by atoms with Gasteiger partial charge in [-0.15, -0.1) is 0 Å². The minimum absolute atomic E-state index is 0.0165. The van der Waals surface area contributed by atoms with Gasteiger partial charge in [-0.2, -0.15) is 0 Å². The van der Waals surface area contributed by atoms with Gasteiger partial charge in [0, 0.05) is 17.6 Å². The topological polar surface area (TPSA) is 41.1 Å². The number of carbonyl (C=O) groups excluding carboxylic acids is 1. The molecule has 0 aromatic heterocycles. The first-order valence-electron chi connectivity index (χ1n) is 7.36. The Labute approximate surface area is 136 Å². The third-order valence-electron chi connectivity index (χ3n) is 3.65. The molecule has 22 heavy (non-hydrogen) atoms. The molecule has 116 valence electrons. The van der Waals surface area contributed by atoms with Crippen molar-refractivity contribution in [2.24, 2.45) is 0 Å². The maximum atomic E-state index is 11.9. The van der Waals surface area contributed by atoms with Gasteiger partial charge in [0.1, 0.15) is 0 Å². The van der Waals surface area contributed by atoms with Crippen LogP contribution in [0.5, 0.6) is 0 Å². The van der Waals surface area contributed by atoms with Crippen LogP contribution in [0.15, 0.2) is 48.5 Å². The summed E-state index contributed by atoms with van der Waals surface area (Å²) in [5.41, 5.74) is 3.39. The minimum Gasteiger partial charge on any atom is -0.351 e. The number of aryl methyl sites for hydroxylation is 1. The Hall–Kier alpha value is -1.84. The lowest BCUT2D eigenvalue weighted by molar-refractivity contribution is -0.120. The molecule has 0 aliphatic carbocycles. The summed E-state index contributed by atoms with van der Waals surface area (Å²) in [4.78, 5) is 11.9. The number of rotatable bonds is 6. The van der Waals surface area contributed by atoms with Crippen LogP contribution in [0.3, 0.4) is 0 Å². The second kappa shape index (κ2) is 7.97. The summed E-state index contributed by atoms with van der Waals surface area (Å²) in [5, 5.41) is 6.84. The Balaban J connectivity index is 1.79. The van der Waals surface area contributed by atoms with Gasteiger partial charge in [-0.25, -0.2) is 0 Å². The van der Waals surface area contributed by atoms with Crippen LogP contribution in [0.1, 0.15) is 29.7 Å². The second-order valence-electron chi connectivity index (χ2n) is 5.36. The molecule has 0 radical (unpaired) electrons. The van der Waals surface area contributed by atoms with E-state index < -0.39 is 0 Å². The molecule has 3 nitrogen and oxygen atoms in total. The molecule has 0 fully saturated rings. The average molecular weight is 317 g/mol. The lowest BCUT2D eigenvalue weighted by Crippen LogP contribution is -2.34. The molecule has 1 atom stereocenters. The molecule has 2 aromatic carbocycles. The molecule has 0 saturated carbocycles. The number of hydrogen-bond donors (Lipinski definition) is 2. The van der Waals surface area contributed by atoms with Crippen molar-refractivity contribution in [1.82, 2.24) is 10.6 Å². The Morgan fingerprint density at radius 1 is 1.18 bits per heavy atom. The molecule has 0 spiro atoms. The highest BCUT2D eigenvalue weighted by Gasteiger charge is 2.08. The minimum atomic E-state index is -0.0165. The predicted molar refractivity (Wildman–Crippen MR) is 90.9 cm³/mol. The fraction of sp³-hybridized carbons (Fsp3) is 0.278. The summed E-state index contributed by atoms with van der Waals surface area (Å²) in [5.74, 6) is -0.0165. The van der Waals surface area contributed by atoms with Gasteiger partial charge in [0.15, 0.2) is 0 Å². The lowest BCUT2D eigenvalue weighted by atomic mass is 10.1. The van der Waals surface area contributed by atoms with Gasteiger partial charge in [-0.05, 0) is 42.7 Å². The van der Waals surface area contributed by atoms with Crippen molar-refractivity contribution in [3.8, 4) is 0 Å². The SMILES string of the molecule is Cc1ccccc1CNC(=O)CN[C@@H](C)c1cccc(Cl)c1. The largest absolute Gasteiger partial charge is 0.351 e. The zero-order chi connectivity index (χ0) is 15.9. The molecule has 1 amide bonds. The van der Waals surface area contributed by atoms with Gasteiger partial charge in [0.05, 0.1) is 6.54 Å². The van der Waals surface area contributed by atoms with Crippen LogP contribution in [-0.4, -0.2) is 12.5 Å². The van der Waals surface area contributed by atoms with E-state index in [0.717, 1.165) is 11.1 Å². The van der Waals surface area contributed by atoms with Crippen LogP contribution < -0.4 is 10.6 Å². The first kappa shape index (κ1) is 16.5. The van der Waals surface area contributed by atoms with Gasteiger partial charge < -0.3 is 10.6 Å². The molecular formula is C18H21ClN2O. The molecule has 0 aliphatic rings. The normalized spacial score (nSPS) is 12.0. The predicted octanol–water partition coefficient (Wildman–Crippen LogP) is 3.62. The summed E-state index contributed by atoms with van der Waals surface area (Å²) in [6.07, 6.45) is 0. The Bertz CT molecular complexity index is 642. The van der Waals surface area contributed by atoms with E-state index in [2.05, 4.69) is 10.6 Å². The highest BCUT2D eigenvalue weighted by molar-refractivity contribution is 6.30. The number of benzene rings is 2. The summed E-state index contributed by atoms with van der Waals surface area (Å²) >= 11 is 5.98. The van der Waals surface area contributed by atoms with E-state index in [1.165, 1.54) is 5.56 Å². The molecule has 2 aromatic rings. The van der Waals surface area contributed by atoms with E-state index in [1.54, 1.807) is 0 Å². The molecular weight excluding hydrogens is 296 g/mol. The van der Waals surface area contributed by atoms with E-state index in [4.69, 9.17) is 11.6 Å². The maximum absolute atomic E-state index is 11.9. The van der Waals surface area contributed by atoms with Crippen LogP contribution >= 0.6 is 11.6 Å².